The summed E-state index contributed by atoms with van der Waals surface area (Å²) >= 11 is 0. The summed E-state index contributed by atoms with van der Waals surface area (Å²) in [6, 6.07) is 9.68. The summed E-state index contributed by atoms with van der Waals surface area (Å²) in [6.45, 7) is 1.52. The molecule has 0 saturated carbocycles. The van der Waals surface area contributed by atoms with Crippen molar-refractivity contribution >= 4 is 27.5 Å². The lowest BCUT2D eigenvalue weighted by Crippen LogP contribution is -2.49. The average Bonchev–Trinajstić information content (AvgIpc) is 3.03. The van der Waals surface area contributed by atoms with E-state index in [4.69, 9.17) is 9.47 Å². The van der Waals surface area contributed by atoms with Crippen molar-refractivity contribution < 1.29 is 31.9 Å². The first-order chi connectivity index (χ1) is 14.7. The highest BCUT2D eigenvalue weighted by molar-refractivity contribution is 7.89. The Morgan fingerprint density at radius 2 is 1.65 bits per heavy atom. The van der Waals surface area contributed by atoms with Crippen LogP contribution in [0.5, 0.6) is 0 Å². The molecule has 1 aliphatic heterocycles. The lowest BCUT2D eigenvalue weighted by atomic mass is 10.2. The van der Waals surface area contributed by atoms with Crippen LogP contribution in [0.2, 0.25) is 0 Å². The molecule has 0 aliphatic carbocycles. The van der Waals surface area contributed by atoms with Gasteiger partial charge in [0, 0.05) is 14.2 Å². The minimum atomic E-state index is -4.17. The van der Waals surface area contributed by atoms with Gasteiger partial charge < -0.3 is 9.47 Å². The Hall–Kier alpha value is -2.66. The molecule has 0 aromatic heterocycles. The van der Waals surface area contributed by atoms with Crippen LogP contribution in [0, 0.1) is 12.7 Å². The van der Waals surface area contributed by atoms with E-state index < -0.39 is 40.0 Å². The van der Waals surface area contributed by atoms with Crippen molar-refractivity contribution in [3.63, 3.8) is 0 Å². The van der Waals surface area contributed by atoms with Crippen LogP contribution in [0.25, 0.3) is 0 Å². The zero-order valence-electron chi connectivity index (χ0n) is 17.3. The standard InChI is InChI=1S/C21H23FN2O6S/c1-14-4-10-17(11-5-14)31(27,28)23(13-20(29-2)30-3)18-12-19(25)24(21(18)26)16-8-6-15(22)7-9-16/h4-11,18,20H,12-13H2,1-3H3. The molecule has 10 heteroatoms. The highest BCUT2D eigenvalue weighted by Gasteiger charge is 2.47. The minimum absolute atomic E-state index is 0.0236. The Balaban J connectivity index is 2.01. The summed E-state index contributed by atoms with van der Waals surface area (Å²) < 4.78 is 51.3. The highest BCUT2D eigenvalue weighted by atomic mass is 32.2. The number of ether oxygens (including phenoxy) is 2. The van der Waals surface area contributed by atoms with Gasteiger partial charge in [0.15, 0.2) is 6.29 Å². The largest absolute Gasteiger partial charge is 0.354 e. The van der Waals surface area contributed by atoms with Gasteiger partial charge in [-0.05, 0) is 43.3 Å². The summed E-state index contributed by atoms with van der Waals surface area (Å²) in [6.07, 6.45) is -1.32. The fourth-order valence-electron chi connectivity index (χ4n) is 3.33. The van der Waals surface area contributed by atoms with Crippen LogP contribution in [-0.4, -0.2) is 57.6 Å². The van der Waals surface area contributed by atoms with Gasteiger partial charge in [-0.15, -0.1) is 0 Å². The number of imide groups is 1. The van der Waals surface area contributed by atoms with Gasteiger partial charge in [0.05, 0.1) is 23.5 Å². The van der Waals surface area contributed by atoms with Crippen LogP contribution in [-0.2, 0) is 29.1 Å². The van der Waals surface area contributed by atoms with Crippen molar-refractivity contribution in [3.05, 3.63) is 59.9 Å². The monoisotopic (exact) mass is 450 g/mol. The molecule has 0 radical (unpaired) electrons. The smallest absolute Gasteiger partial charge is 0.252 e. The molecule has 2 aromatic carbocycles. The van der Waals surface area contributed by atoms with E-state index >= 15 is 0 Å². The second-order valence-corrected chi connectivity index (χ2v) is 8.94. The number of halogens is 1. The van der Waals surface area contributed by atoms with Crippen LogP contribution in [0.1, 0.15) is 12.0 Å². The molecule has 0 spiro atoms. The van der Waals surface area contributed by atoms with E-state index in [1.807, 2.05) is 6.92 Å². The fourth-order valence-corrected chi connectivity index (χ4v) is 4.90. The van der Waals surface area contributed by atoms with Crippen LogP contribution in [0.15, 0.2) is 53.4 Å². The first kappa shape index (κ1) is 23.0. The molecule has 3 rings (SSSR count). The molecule has 1 fully saturated rings. The molecule has 31 heavy (non-hydrogen) atoms. The Morgan fingerprint density at radius 1 is 1.06 bits per heavy atom. The SMILES string of the molecule is COC(CN(C1CC(=O)N(c2ccc(F)cc2)C1=O)S(=O)(=O)c1ccc(C)cc1)OC. The Kier molecular flexibility index (Phi) is 6.85. The molecule has 1 saturated heterocycles. The van der Waals surface area contributed by atoms with Crippen LogP contribution in [0.3, 0.4) is 0 Å². The summed E-state index contributed by atoms with van der Waals surface area (Å²) in [4.78, 5) is 26.6. The summed E-state index contributed by atoms with van der Waals surface area (Å²) in [5.74, 6) is -1.83. The summed E-state index contributed by atoms with van der Waals surface area (Å²) in [7, 11) is -1.48. The predicted molar refractivity (Wildman–Crippen MR) is 110 cm³/mol. The maximum Gasteiger partial charge on any atom is 0.252 e. The summed E-state index contributed by atoms with van der Waals surface area (Å²) in [5, 5.41) is 0. The Bertz CT molecular complexity index is 1050. The summed E-state index contributed by atoms with van der Waals surface area (Å²) in [5.41, 5.74) is 1.04. The predicted octanol–water partition coefficient (Wildman–Crippen LogP) is 2.08. The van der Waals surface area contributed by atoms with Crippen molar-refractivity contribution in [2.75, 3.05) is 25.7 Å². The van der Waals surface area contributed by atoms with E-state index in [1.54, 1.807) is 12.1 Å². The molecule has 8 nitrogen and oxygen atoms in total. The number of carbonyl (C=O) groups excluding carboxylic acids is 2. The van der Waals surface area contributed by atoms with Gasteiger partial charge in [-0.2, -0.15) is 4.31 Å². The third kappa shape index (κ3) is 4.67. The minimum Gasteiger partial charge on any atom is -0.354 e. The molecule has 1 aliphatic rings. The maximum absolute atomic E-state index is 13.4. The van der Waals surface area contributed by atoms with Crippen LogP contribution in [0.4, 0.5) is 10.1 Å². The second kappa shape index (κ2) is 9.23. The Labute approximate surface area is 180 Å². The average molecular weight is 450 g/mol. The molecule has 166 valence electrons. The van der Waals surface area contributed by atoms with E-state index in [0.29, 0.717) is 0 Å². The number of rotatable bonds is 8. The first-order valence-corrected chi connectivity index (χ1v) is 10.9. The fraction of sp³-hybridized carbons (Fsp3) is 0.333. The van der Waals surface area contributed by atoms with Crippen molar-refractivity contribution in [1.29, 1.82) is 0 Å². The van der Waals surface area contributed by atoms with E-state index in [2.05, 4.69) is 0 Å². The number of amides is 2. The van der Waals surface area contributed by atoms with Crippen molar-refractivity contribution in [2.24, 2.45) is 0 Å². The number of aryl methyl sites for hydroxylation is 1. The maximum atomic E-state index is 13.4. The van der Waals surface area contributed by atoms with E-state index in [1.165, 1.54) is 38.5 Å². The van der Waals surface area contributed by atoms with E-state index in [-0.39, 0.29) is 23.5 Å². The number of methoxy groups -OCH3 is 2. The van der Waals surface area contributed by atoms with E-state index in [0.717, 1.165) is 26.9 Å². The number of carbonyl (C=O) groups is 2. The van der Waals surface area contributed by atoms with Crippen molar-refractivity contribution in [2.45, 2.75) is 30.6 Å². The van der Waals surface area contributed by atoms with Gasteiger partial charge in [-0.1, -0.05) is 17.7 Å². The van der Waals surface area contributed by atoms with Crippen molar-refractivity contribution in [1.82, 2.24) is 4.31 Å². The number of anilines is 1. The Morgan fingerprint density at radius 3 is 2.19 bits per heavy atom. The molecule has 1 heterocycles. The number of sulfonamides is 1. The van der Waals surface area contributed by atoms with E-state index in [9.17, 15) is 22.4 Å². The molecule has 0 N–H and O–H groups in total. The second-order valence-electron chi connectivity index (χ2n) is 7.05. The zero-order chi connectivity index (χ0) is 22.8. The quantitative estimate of drug-likeness (QED) is 0.452. The third-order valence-corrected chi connectivity index (χ3v) is 6.93. The number of nitrogens with zero attached hydrogens (tertiary/aromatic N) is 2. The lowest BCUT2D eigenvalue weighted by Gasteiger charge is -2.29. The van der Waals surface area contributed by atoms with Crippen molar-refractivity contribution in [3.8, 4) is 0 Å². The molecule has 2 amide bonds. The molecule has 0 bridgehead atoms. The van der Waals surface area contributed by atoms with Crippen LogP contribution < -0.4 is 4.90 Å². The van der Waals surface area contributed by atoms with Gasteiger partial charge in [0.1, 0.15) is 11.9 Å². The highest BCUT2D eigenvalue weighted by Crippen LogP contribution is 2.30. The third-order valence-electron chi connectivity index (χ3n) is 5.04. The number of hydrogen-bond donors (Lipinski definition) is 0. The topological polar surface area (TPSA) is 93.2 Å². The number of benzene rings is 2. The molecule has 1 unspecified atom stereocenters. The number of hydrogen-bond acceptors (Lipinski definition) is 6. The van der Waals surface area contributed by atoms with Gasteiger partial charge in [-0.25, -0.2) is 17.7 Å². The molecule has 1 atom stereocenters. The van der Waals surface area contributed by atoms with Gasteiger partial charge in [0.25, 0.3) is 5.91 Å². The lowest BCUT2D eigenvalue weighted by molar-refractivity contribution is -0.125. The first-order valence-electron chi connectivity index (χ1n) is 9.45. The molecular weight excluding hydrogens is 427 g/mol. The van der Waals surface area contributed by atoms with Gasteiger partial charge >= 0.3 is 0 Å². The van der Waals surface area contributed by atoms with Crippen LogP contribution >= 0.6 is 0 Å². The molecular formula is C21H23FN2O6S. The van der Waals surface area contributed by atoms with Gasteiger partial charge in [0.2, 0.25) is 15.9 Å². The molecule has 2 aromatic rings. The normalized spacial score (nSPS) is 17.2. The zero-order valence-corrected chi connectivity index (χ0v) is 18.1. The van der Waals surface area contributed by atoms with Gasteiger partial charge in [-0.3, -0.25) is 9.59 Å².